The monoisotopic (exact) mass is 274 g/mol. The highest BCUT2D eigenvalue weighted by molar-refractivity contribution is 5.56. The number of hydrogen-bond acceptors (Lipinski definition) is 2. The van der Waals surface area contributed by atoms with Crippen molar-refractivity contribution in [3.05, 3.63) is 29.3 Å². The van der Waals surface area contributed by atoms with E-state index in [1.165, 1.54) is 48.9 Å². The van der Waals surface area contributed by atoms with Crippen molar-refractivity contribution in [3.63, 3.8) is 0 Å². The minimum Gasteiger partial charge on any atom is -0.384 e. The van der Waals surface area contributed by atoms with Crippen LogP contribution >= 0.6 is 0 Å². The Morgan fingerprint density at radius 2 is 2.10 bits per heavy atom. The van der Waals surface area contributed by atoms with Crippen LogP contribution < -0.4 is 10.6 Å². The third-order valence-electron chi connectivity index (χ3n) is 4.27. The molecule has 2 rings (SSSR count). The van der Waals surface area contributed by atoms with Crippen LogP contribution in [0.15, 0.2) is 18.2 Å². The molecule has 1 aromatic rings. The lowest BCUT2D eigenvalue weighted by Gasteiger charge is -2.25. The first-order valence-electron chi connectivity index (χ1n) is 8.17. The van der Waals surface area contributed by atoms with E-state index in [1.54, 1.807) is 0 Å². The zero-order valence-corrected chi connectivity index (χ0v) is 13.4. The number of unbranched alkanes of at least 4 members (excludes halogenated alkanes) is 2. The van der Waals surface area contributed by atoms with Gasteiger partial charge in [-0.2, -0.15) is 0 Å². The van der Waals surface area contributed by atoms with Crippen LogP contribution in [-0.4, -0.2) is 13.1 Å². The molecule has 0 spiro atoms. The molecule has 0 atom stereocenters. The number of benzene rings is 1. The first-order valence-corrected chi connectivity index (χ1v) is 8.17. The van der Waals surface area contributed by atoms with E-state index >= 15 is 0 Å². The second-order valence-electron chi connectivity index (χ2n) is 6.89. The Hall–Kier alpha value is -1.02. The van der Waals surface area contributed by atoms with Crippen molar-refractivity contribution in [1.29, 1.82) is 0 Å². The second kappa shape index (κ2) is 7.12. The minimum absolute atomic E-state index is 0.407. The Morgan fingerprint density at radius 3 is 2.90 bits per heavy atom. The summed E-state index contributed by atoms with van der Waals surface area (Å²) in [6.07, 6.45) is 6.52. The number of hydrogen-bond donors (Lipinski definition) is 2. The molecule has 1 aromatic carbocycles. The van der Waals surface area contributed by atoms with Crippen LogP contribution in [0.3, 0.4) is 0 Å². The highest BCUT2D eigenvalue weighted by Crippen LogP contribution is 2.24. The predicted octanol–water partition coefficient (Wildman–Crippen LogP) is 4.35. The lowest BCUT2D eigenvalue weighted by atomic mass is 9.87. The molecule has 0 fully saturated rings. The summed E-state index contributed by atoms with van der Waals surface area (Å²) in [5, 5.41) is 7.09. The summed E-state index contributed by atoms with van der Waals surface area (Å²) in [6, 6.07) is 6.85. The molecule has 2 nitrogen and oxygen atoms in total. The van der Waals surface area contributed by atoms with E-state index < -0.39 is 0 Å². The molecular weight excluding hydrogens is 244 g/mol. The van der Waals surface area contributed by atoms with Crippen molar-refractivity contribution in [2.45, 2.75) is 59.4 Å². The zero-order chi connectivity index (χ0) is 14.4. The maximum Gasteiger partial charge on any atom is 0.0376 e. The predicted molar refractivity (Wildman–Crippen MR) is 88.3 cm³/mol. The van der Waals surface area contributed by atoms with Crippen molar-refractivity contribution >= 4 is 5.69 Å². The lowest BCUT2D eigenvalue weighted by Crippen LogP contribution is -2.29. The van der Waals surface area contributed by atoms with Crippen molar-refractivity contribution in [2.75, 3.05) is 18.4 Å². The SMILES string of the molecule is CCCCCC(C)(C)CNCc1ccc2c(c1)NCC2. The van der Waals surface area contributed by atoms with Crippen LogP contribution in [0.5, 0.6) is 0 Å². The Balaban J connectivity index is 1.75. The van der Waals surface area contributed by atoms with E-state index in [-0.39, 0.29) is 0 Å². The first kappa shape index (κ1) is 15.4. The third kappa shape index (κ3) is 4.52. The molecule has 2 heteroatoms. The van der Waals surface area contributed by atoms with Crippen LogP contribution in [0, 0.1) is 5.41 Å². The second-order valence-corrected chi connectivity index (χ2v) is 6.89. The number of rotatable bonds is 8. The zero-order valence-electron chi connectivity index (χ0n) is 13.4. The summed E-state index contributed by atoms with van der Waals surface area (Å²) in [5.41, 5.74) is 4.60. The lowest BCUT2D eigenvalue weighted by molar-refractivity contribution is 0.302. The fraction of sp³-hybridized carbons (Fsp3) is 0.667. The molecule has 0 aromatic heterocycles. The van der Waals surface area contributed by atoms with Gasteiger partial charge >= 0.3 is 0 Å². The largest absolute Gasteiger partial charge is 0.384 e. The van der Waals surface area contributed by atoms with E-state index in [0.29, 0.717) is 5.41 Å². The van der Waals surface area contributed by atoms with Crippen LogP contribution in [-0.2, 0) is 13.0 Å². The molecule has 1 aliphatic heterocycles. The van der Waals surface area contributed by atoms with Gasteiger partial charge in [-0.3, -0.25) is 0 Å². The van der Waals surface area contributed by atoms with Gasteiger partial charge in [0.2, 0.25) is 0 Å². The quantitative estimate of drug-likeness (QED) is 0.689. The Morgan fingerprint density at radius 1 is 1.25 bits per heavy atom. The van der Waals surface area contributed by atoms with E-state index in [9.17, 15) is 0 Å². The van der Waals surface area contributed by atoms with Crippen molar-refractivity contribution in [1.82, 2.24) is 5.32 Å². The van der Waals surface area contributed by atoms with Gasteiger partial charge in [0.15, 0.2) is 0 Å². The van der Waals surface area contributed by atoms with Gasteiger partial charge in [-0.1, -0.05) is 52.2 Å². The van der Waals surface area contributed by atoms with Crippen LogP contribution in [0.25, 0.3) is 0 Å². The van der Waals surface area contributed by atoms with Gasteiger partial charge in [0.25, 0.3) is 0 Å². The van der Waals surface area contributed by atoms with Gasteiger partial charge in [0.05, 0.1) is 0 Å². The fourth-order valence-corrected chi connectivity index (χ4v) is 2.94. The molecular formula is C18H30N2. The number of nitrogens with one attached hydrogen (secondary N) is 2. The summed E-state index contributed by atoms with van der Waals surface area (Å²) < 4.78 is 0. The van der Waals surface area contributed by atoms with Crippen molar-refractivity contribution in [3.8, 4) is 0 Å². The molecule has 0 unspecified atom stereocenters. The summed E-state index contributed by atoms with van der Waals surface area (Å²) in [4.78, 5) is 0. The number of anilines is 1. The average molecular weight is 274 g/mol. The molecule has 1 heterocycles. The number of fused-ring (bicyclic) bond motifs is 1. The van der Waals surface area contributed by atoms with Crippen molar-refractivity contribution < 1.29 is 0 Å². The summed E-state index contributed by atoms with van der Waals surface area (Å²) >= 11 is 0. The molecule has 0 saturated carbocycles. The van der Waals surface area contributed by atoms with E-state index in [4.69, 9.17) is 0 Å². The van der Waals surface area contributed by atoms with Gasteiger partial charge in [0, 0.05) is 25.3 Å². The molecule has 0 amide bonds. The molecule has 0 aliphatic carbocycles. The molecule has 0 bridgehead atoms. The van der Waals surface area contributed by atoms with Crippen LogP contribution in [0.2, 0.25) is 0 Å². The highest BCUT2D eigenvalue weighted by Gasteiger charge is 2.16. The Kier molecular flexibility index (Phi) is 5.47. The standard InChI is InChI=1S/C18H30N2/c1-4-5-6-10-18(2,3)14-19-13-15-7-8-16-9-11-20-17(16)12-15/h7-8,12,19-20H,4-6,9-11,13-14H2,1-3H3. The Bertz CT molecular complexity index is 423. The van der Waals surface area contributed by atoms with Gasteiger partial charge in [-0.25, -0.2) is 0 Å². The van der Waals surface area contributed by atoms with E-state index in [1.807, 2.05) is 0 Å². The minimum atomic E-state index is 0.407. The van der Waals surface area contributed by atoms with Gasteiger partial charge in [-0.05, 0) is 35.4 Å². The van der Waals surface area contributed by atoms with Crippen LogP contribution in [0.4, 0.5) is 5.69 Å². The van der Waals surface area contributed by atoms with Crippen LogP contribution in [0.1, 0.15) is 57.6 Å². The molecule has 112 valence electrons. The van der Waals surface area contributed by atoms with E-state index in [2.05, 4.69) is 49.6 Å². The normalized spacial score (nSPS) is 14.2. The maximum atomic E-state index is 3.63. The third-order valence-corrected chi connectivity index (χ3v) is 4.27. The van der Waals surface area contributed by atoms with Gasteiger partial charge in [-0.15, -0.1) is 0 Å². The van der Waals surface area contributed by atoms with Crippen molar-refractivity contribution in [2.24, 2.45) is 5.41 Å². The maximum absolute atomic E-state index is 3.63. The molecule has 0 saturated heterocycles. The smallest absolute Gasteiger partial charge is 0.0376 e. The van der Waals surface area contributed by atoms with Gasteiger partial charge < -0.3 is 10.6 Å². The first-order chi connectivity index (χ1) is 9.61. The topological polar surface area (TPSA) is 24.1 Å². The molecule has 1 aliphatic rings. The van der Waals surface area contributed by atoms with E-state index in [0.717, 1.165) is 19.6 Å². The summed E-state index contributed by atoms with van der Waals surface area (Å²) in [6.45, 7) is 10.2. The molecule has 2 N–H and O–H groups in total. The average Bonchev–Trinajstić information content (AvgIpc) is 2.86. The molecule has 20 heavy (non-hydrogen) atoms. The summed E-state index contributed by atoms with van der Waals surface area (Å²) in [7, 11) is 0. The fourth-order valence-electron chi connectivity index (χ4n) is 2.94. The summed E-state index contributed by atoms with van der Waals surface area (Å²) in [5.74, 6) is 0. The van der Waals surface area contributed by atoms with Gasteiger partial charge in [0.1, 0.15) is 0 Å². The Labute approximate surface area is 124 Å². The molecule has 0 radical (unpaired) electrons. The highest BCUT2D eigenvalue weighted by atomic mass is 14.9.